The normalized spacial score (nSPS) is 30.9. The molecular weight excluding hydrogens is 104 g/mol. The van der Waals surface area contributed by atoms with Gasteiger partial charge in [0.25, 0.3) is 0 Å². The zero-order valence-corrected chi connectivity index (χ0v) is 4.92. The van der Waals surface area contributed by atoms with Crippen LogP contribution < -0.4 is 5.32 Å². The van der Waals surface area contributed by atoms with Crippen molar-refractivity contribution in [2.24, 2.45) is 0 Å². The van der Waals surface area contributed by atoms with E-state index in [0.717, 1.165) is 19.4 Å². The lowest BCUT2D eigenvalue weighted by Crippen LogP contribution is -2.33. The summed E-state index contributed by atoms with van der Waals surface area (Å²) in [6, 6.07) is 0. The first-order valence-electron chi connectivity index (χ1n) is 2.73. The first kappa shape index (κ1) is 5.72. The van der Waals surface area contributed by atoms with Gasteiger partial charge in [-0.05, 0) is 7.05 Å². The van der Waals surface area contributed by atoms with Gasteiger partial charge in [0.2, 0.25) is 0 Å². The summed E-state index contributed by atoms with van der Waals surface area (Å²) in [4.78, 5) is 12.1. The van der Waals surface area contributed by atoms with Crippen LogP contribution in [0.15, 0.2) is 0 Å². The Balaban J connectivity index is 2.41. The van der Waals surface area contributed by atoms with Crippen LogP contribution in [0.1, 0.15) is 0 Å². The number of aldehydes is 1. The van der Waals surface area contributed by atoms with Crippen molar-refractivity contribution in [2.45, 2.75) is 6.17 Å². The maximum atomic E-state index is 10.1. The molecule has 1 rings (SSSR count). The second-order valence-electron chi connectivity index (χ2n) is 2.02. The molecular formula is C5H10N2O. The summed E-state index contributed by atoms with van der Waals surface area (Å²) in [6.07, 6.45) is 0.891. The van der Waals surface area contributed by atoms with Gasteiger partial charge < -0.3 is 4.79 Å². The van der Waals surface area contributed by atoms with E-state index in [1.165, 1.54) is 0 Å². The number of carbonyl (C=O) groups is 1. The second-order valence-corrected chi connectivity index (χ2v) is 2.02. The van der Waals surface area contributed by atoms with E-state index in [4.69, 9.17) is 0 Å². The second kappa shape index (κ2) is 2.24. The van der Waals surface area contributed by atoms with Crippen LogP contribution in [0.5, 0.6) is 0 Å². The molecule has 0 amide bonds. The van der Waals surface area contributed by atoms with E-state index in [2.05, 4.69) is 5.32 Å². The van der Waals surface area contributed by atoms with E-state index >= 15 is 0 Å². The summed E-state index contributed by atoms with van der Waals surface area (Å²) in [6.45, 7) is 1.91. The van der Waals surface area contributed by atoms with Crippen molar-refractivity contribution in [1.29, 1.82) is 0 Å². The highest BCUT2D eigenvalue weighted by Crippen LogP contribution is 1.93. The van der Waals surface area contributed by atoms with Crippen LogP contribution in [0, 0.1) is 0 Å². The lowest BCUT2D eigenvalue weighted by atomic mass is 10.5. The Kier molecular flexibility index (Phi) is 1.60. The Morgan fingerprint density at radius 1 is 1.88 bits per heavy atom. The van der Waals surface area contributed by atoms with Gasteiger partial charge in [0.1, 0.15) is 6.17 Å². The smallest absolute Gasteiger partial charge is 0.151 e. The van der Waals surface area contributed by atoms with Crippen molar-refractivity contribution < 1.29 is 4.79 Å². The molecule has 0 bridgehead atoms. The highest BCUT2D eigenvalue weighted by molar-refractivity contribution is 5.57. The molecule has 1 aliphatic rings. The quantitative estimate of drug-likeness (QED) is 0.446. The van der Waals surface area contributed by atoms with E-state index in [9.17, 15) is 4.79 Å². The molecule has 8 heavy (non-hydrogen) atoms. The number of nitrogens with one attached hydrogen (secondary N) is 1. The van der Waals surface area contributed by atoms with Gasteiger partial charge in [0.15, 0.2) is 6.29 Å². The highest BCUT2D eigenvalue weighted by Gasteiger charge is 2.17. The van der Waals surface area contributed by atoms with E-state index in [0.29, 0.717) is 0 Å². The zero-order valence-electron chi connectivity index (χ0n) is 4.92. The summed E-state index contributed by atoms with van der Waals surface area (Å²) in [7, 11) is 1.93. The van der Waals surface area contributed by atoms with Crippen molar-refractivity contribution >= 4 is 6.29 Å². The third-order valence-electron chi connectivity index (χ3n) is 1.42. The molecule has 0 saturated carbocycles. The Morgan fingerprint density at radius 3 is 2.88 bits per heavy atom. The molecule has 1 heterocycles. The molecule has 1 saturated heterocycles. The van der Waals surface area contributed by atoms with Gasteiger partial charge in [0.05, 0.1) is 0 Å². The molecule has 3 heteroatoms. The van der Waals surface area contributed by atoms with Gasteiger partial charge in [-0.25, -0.2) is 0 Å². The summed E-state index contributed by atoms with van der Waals surface area (Å²) >= 11 is 0. The molecule has 0 radical (unpaired) electrons. The van der Waals surface area contributed by atoms with E-state index in [-0.39, 0.29) is 6.17 Å². The topological polar surface area (TPSA) is 32.3 Å². The van der Waals surface area contributed by atoms with Gasteiger partial charge in [-0.15, -0.1) is 0 Å². The van der Waals surface area contributed by atoms with Crippen LogP contribution in [0.3, 0.4) is 0 Å². The maximum absolute atomic E-state index is 10.1. The van der Waals surface area contributed by atoms with Crippen LogP contribution >= 0.6 is 0 Å². The van der Waals surface area contributed by atoms with Crippen molar-refractivity contribution in [3.63, 3.8) is 0 Å². The Bertz CT molecular complexity index is 94.4. The Labute approximate surface area is 48.7 Å². The highest BCUT2D eigenvalue weighted by atomic mass is 16.1. The monoisotopic (exact) mass is 114 g/mol. The lowest BCUT2D eigenvalue weighted by Gasteiger charge is -2.10. The van der Waals surface area contributed by atoms with E-state index in [1.807, 2.05) is 11.9 Å². The predicted molar refractivity (Wildman–Crippen MR) is 30.5 cm³/mol. The van der Waals surface area contributed by atoms with Gasteiger partial charge >= 0.3 is 0 Å². The van der Waals surface area contributed by atoms with Crippen LogP contribution in [-0.4, -0.2) is 37.5 Å². The van der Waals surface area contributed by atoms with Crippen molar-refractivity contribution in [3.05, 3.63) is 0 Å². The standard InChI is InChI=1S/C5H10N2O/c1-7-3-2-6-5(7)4-8/h4-6H,2-3H2,1H3. The van der Waals surface area contributed by atoms with Crippen LogP contribution in [0.2, 0.25) is 0 Å². The summed E-state index contributed by atoms with van der Waals surface area (Å²) < 4.78 is 0. The lowest BCUT2D eigenvalue weighted by molar-refractivity contribution is -0.111. The molecule has 0 aromatic heterocycles. The average Bonchev–Trinajstić information content (AvgIpc) is 2.14. The van der Waals surface area contributed by atoms with Crippen LogP contribution in [-0.2, 0) is 4.79 Å². The molecule has 1 atom stereocenters. The fourth-order valence-corrected chi connectivity index (χ4v) is 0.836. The molecule has 46 valence electrons. The van der Waals surface area contributed by atoms with Crippen molar-refractivity contribution in [2.75, 3.05) is 20.1 Å². The number of rotatable bonds is 1. The molecule has 0 spiro atoms. The Hall–Kier alpha value is -0.410. The first-order valence-corrected chi connectivity index (χ1v) is 2.73. The fourth-order valence-electron chi connectivity index (χ4n) is 0.836. The number of hydrogen-bond acceptors (Lipinski definition) is 3. The van der Waals surface area contributed by atoms with Crippen LogP contribution in [0.4, 0.5) is 0 Å². The third-order valence-corrected chi connectivity index (χ3v) is 1.42. The molecule has 0 aliphatic carbocycles. The number of hydrogen-bond donors (Lipinski definition) is 1. The minimum absolute atomic E-state index is 0.0324. The van der Waals surface area contributed by atoms with Crippen LogP contribution in [0.25, 0.3) is 0 Å². The molecule has 1 unspecified atom stereocenters. The van der Waals surface area contributed by atoms with Gasteiger partial charge in [-0.1, -0.05) is 0 Å². The fraction of sp³-hybridized carbons (Fsp3) is 0.800. The summed E-state index contributed by atoms with van der Waals surface area (Å²) in [5, 5.41) is 3.01. The number of likely N-dealkylation sites (N-methyl/N-ethyl adjacent to an activating group) is 1. The number of carbonyl (C=O) groups excluding carboxylic acids is 1. The largest absolute Gasteiger partial charge is 0.300 e. The van der Waals surface area contributed by atoms with Gasteiger partial charge in [-0.2, -0.15) is 0 Å². The minimum Gasteiger partial charge on any atom is -0.300 e. The third kappa shape index (κ3) is 0.877. The average molecular weight is 114 g/mol. The van der Waals surface area contributed by atoms with Gasteiger partial charge in [0, 0.05) is 13.1 Å². The molecule has 1 N–H and O–H groups in total. The zero-order chi connectivity index (χ0) is 5.98. The summed E-state index contributed by atoms with van der Waals surface area (Å²) in [5.41, 5.74) is 0. The summed E-state index contributed by atoms with van der Waals surface area (Å²) in [5.74, 6) is 0. The molecule has 0 aromatic carbocycles. The maximum Gasteiger partial charge on any atom is 0.151 e. The molecule has 3 nitrogen and oxygen atoms in total. The molecule has 0 aromatic rings. The predicted octanol–water partition coefficient (Wildman–Crippen LogP) is -0.954. The van der Waals surface area contributed by atoms with E-state index in [1.54, 1.807) is 0 Å². The molecule has 1 aliphatic heterocycles. The molecule has 1 fully saturated rings. The number of nitrogens with zero attached hydrogens (tertiary/aromatic N) is 1. The SMILES string of the molecule is CN1CCNC1C=O. The Morgan fingerprint density at radius 2 is 2.62 bits per heavy atom. The first-order chi connectivity index (χ1) is 3.84. The van der Waals surface area contributed by atoms with E-state index < -0.39 is 0 Å². The van der Waals surface area contributed by atoms with Crippen molar-refractivity contribution in [1.82, 2.24) is 10.2 Å². The minimum atomic E-state index is -0.0324. The van der Waals surface area contributed by atoms with Crippen molar-refractivity contribution in [3.8, 4) is 0 Å². The van der Waals surface area contributed by atoms with Gasteiger partial charge in [-0.3, -0.25) is 10.2 Å².